The van der Waals surface area contributed by atoms with Gasteiger partial charge in [-0.05, 0) is 30.7 Å². The zero-order chi connectivity index (χ0) is 11.3. The molecule has 1 aromatic carbocycles. The Bertz CT molecular complexity index is 487. The van der Waals surface area contributed by atoms with E-state index in [1.54, 1.807) is 18.2 Å². The quantitative estimate of drug-likeness (QED) is 0.468. The van der Waals surface area contributed by atoms with E-state index in [0.29, 0.717) is 11.1 Å². The maximum atomic E-state index is 10.7. The lowest BCUT2D eigenvalue weighted by atomic mass is 10.1. The second-order valence-electron chi connectivity index (χ2n) is 2.88. The Balaban J connectivity index is 2.98. The number of carbonyl (C=O) groups is 1. The van der Waals surface area contributed by atoms with Gasteiger partial charge in [-0.15, -0.1) is 0 Å². The van der Waals surface area contributed by atoms with Crippen LogP contribution in [-0.4, -0.2) is 13.1 Å². The van der Waals surface area contributed by atoms with E-state index >= 15 is 0 Å². The van der Waals surface area contributed by atoms with Gasteiger partial charge in [0.2, 0.25) is 0 Å². The maximum absolute atomic E-state index is 10.7. The normalized spacial score (nSPS) is 8.33. The van der Waals surface area contributed by atoms with Crippen LogP contribution in [0.2, 0.25) is 0 Å². The van der Waals surface area contributed by atoms with Gasteiger partial charge in [-0.3, -0.25) is 0 Å². The lowest BCUT2D eigenvalue weighted by molar-refractivity contribution is -0.133. The van der Waals surface area contributed by atoms with Crippen LogP contribution in [-0.2, 0) is 9.53 Å². The van der Waals surface area contributed by atoms with Crippen LogP contribution in [0, 0.1) is 30.1 Å². The summed E-state index contributed by atoms with van der Waals surface area (Å²) in [6.45, 7) is 1.82. The van der Waals surface area contributed by atoms with Crippen molar-refractivity contribution in [1.29, 1.82) is 5.26 Å². The summed E-state index contributed by atoms with van der Waals surface area (Å²) in [6.07, 6.45) is 0. The number of nitriles is 1. The first-order valence-electron chi connectivity index (χ1n) is 4.28. The summed E-state index contributed by atoms with van der Waals surface area (Å²) >= 11 is 0. The van der Waals surface area contributed by atoms with Crippen LogP contribution in [0.1, 0.15) is 16.7 Å². The molecule has 0 saturated carbocycles. The SMILES string of the molecule is COC(=O)C#Cc1ccc(C#N)c(C)c1. The highest BCUT2D eigenvalue weighted by atomic mass is 16.5. The van der Waals surface area contributed by atoms with Crippen LogP contribution in [0.25, 0.3) is 0 Å². The van der Waals surface area contributed by atoms with Gasteiger partial charge in [-0.1, -0.05) is 5.92 Å². The Kier molecular flexibility index (Phi) is 3.49. The molecule has 0 amide bonds. The molecule has 15 heavy (non-hydrogen) atoms. The van der Waals surface area contributed by atoms with Crippen molar-refractivity contribution in [1.82, 2.24) is 0 Å². The second-order valence-corrected chi connectivity index (χ2v) is 2.88. The van der Waals surface area contributed by atoms with Crippen LogP contribution in [0.15, 0.2) is 18.2 Å². The van der Waals surface area contributed by atoms with Gasteiger partial charge in [0.05, 0.1) is 18.7 Å². The fourth-order valence-electron chi connectivity index (χ4n) is 1.04. The fourth-order valence-corrected chi connectivity index (χ4v) is 1.04. The summed E-state index contributed by atoms with van der Waals surface area (Å²) in [6, 6.07) is 7.19. The number of ether oxygens (including phenoxy) is 1. The molecule has 0 saturated heterocycles. The number of esters is 1. The van der Waals surface area contributed by atoms with E-state index in [9.17, 15) is 4.79 Å². The van der Waals surface area contributed by atoms with E-state index in [0.717, 1.165) is 5.56 Å². The lowest BCUT2D eigenvalue weighted by Gasteiger charge is -1.96. The Morgan fingerprint density at radius 2 is 2.20 bits per heavy atom. The highest BCUT2D eigenvalue weighted by Gasteiger charge is 1.97. The van der Waals surface area contributed by atoms with Gasteiger partial charge in [0, 0.05) is 11.5 Å². The monoisotopic (exact) mass is 199 g/mol. The third-order valence-corrected chi connectivity index (χ3v) is 1.84. The zero-order valence-corrected chi connectivity index (χ0v) is 8.50. The first kappa shape index (κ1) is 10.8. The smallest absolute Gasteiger partial charge is 0.384 e. The number of methoxy groups -OCH3 is 1. The summed E-state index contributed by atoms with van der Waals surface area (Å²) in [7, 11) is 1.28. The van der Waals surface area contributed by atoms with Crippen molar-refractivity contribution in [2.45, 2.75) is 6.92 Å². The van der Waals surface area contributed by atoms with Crippen LogP contribution in [0.3, 0.4) is 0 Å². The molecule has 3 heteroatoms. The lowest BCUT2D eigenvalue weighted by Crippen LogP contribution is -1.94. The highest BCUT2D eigenvalue weighted by Crippen LogP contribution is 2.08. The molecule has 0 aliphatic carbocycles. The van der Waals surface area contributed by atoms with Crippen LogP contribution in [0.5, 0.6) is 0 Å². The van der Waals surface area contributed by atoms with Gasteiger partial charge in [-0.25, -0.2) is 4.79 Å². The Morgan fingerprint density at radius 1 is 1.47 bits per heavy atom. The minimum atomic E-state index is -0.572. The summed E-state index contributed by atoms with van der Waals surface area (Å²) < 4.78 is 4.38. The van der Waals surface area contributed by atoms with Crippen molar-refractivity contribution in [2.24, 2.45) is 0 Å². The van der Waals surface area contributed by atoms with Crippen LogP contribution >= 0.6 is 0 Å². The second kappa shape index (κ2) is 4.83. The molecule has 0 atom stereocenters. The predicted octanol–water partition coefficient (Wildman–Crippen LogP) is 1.39. The molecule has 1 aromatic rings. The van der Waals surface area contributed by atoms with Gasteiger partial charge < -0.3 is 4.74 Å². The zero-order valence-electron chi connectivity index (χ0n) is 8.50. The summed E-state index contributed by atoms with van der Waals surface area (Å²) in [5, 5.41) is 8.71. The predicted molar refractivity (Wildman–Crippen MR) is 54.8 cm³/mol. The molecule has 0 radical (unpaired) electrons. The first-order chi connectivity index (χ1) is 7.17. The average molecular weight is 199 g/mol. The number of hydrogen-bond donors (Lipinski definition) is 0. The molecule has 3 nitrogen and oxygen atoms in total. The number of carbonyl (C=O) groups excluding carboxylic acids is 1. The summed E-state index contributed by atoms with van der Waals surface area (Å²) in [5.74, 6) is 4.40. The molecule has 1 rings (SSSR count). The number of hydrogen-bond acceptors (Lipinski definition) is 3. The topological polar surface area (TPSA) is 50.1 Å². The molecular weight excluding hydrogens is 190 g/mol. The highest BCUT2D eigenvalue weighted by molar-refractivity contribution is 5.89. The molecule has 0 aromatic heterocycles. The average Bonchev–Trinajstić information content (AvgIpc) is 2.26. The van der Waals surface area contributed by atoms with E-state index in [-0.39, 0.29) is 0 Å². The summed E-state index contributed by atoms with van der Waals surface area (Å²) in [4.78, 5) is 10.7. The molecule has 0 unspecified atom stereocenters. The van der Waals surface area contributed by atoms with E-state index in [4.69, 9.17) is 5.26 Å². The molecule has 0 heterocycles. The molecule has 74 valence electrons. The first-order valence-corrected chi connectivity index (χ1v) is 4.28. The van der Waals surface area contributed by atoms with Crippen LogP contribution in [0.4, 0.5) is 0 Å². The number of nitrogens with zero attached hydrogens (tertiary/aromatic N) is 1. The van der Waals surface area contributed by atoms with Gasteiger partial charge in [0.1, 0.15) is 0 Å². The van der Waals surface area contributed by atoms with Crippen molar-refractivity contribution < 1.29 is 9.53 Å². The van der Waals surface area contributed by atoms with Crippen molar-refractivity contribution in [3.63, 3.8) is 0 Å². The minimum Gasteiger partial charge on any atom is -0.459 e. The van der Waals surface area contributed by atoms with Gasteiger partial charge in [-0.2, -0.15) is 5.26 Å². The number of rotatable bonds is 0. The third-order valence-electron chi connectivity index (χ3n) is 1.84. The van der Waals surface area contributed by atoms with Gasteiger partial charge in [0.25, 0.3) is 0 Å². The van der Waals surface area contributed by atoms with Gasteiger partial charge >= 0.3 is 5.97 Å². The minimum absolute atomic E-state index is 0.572. The molecule has 0 aliphatic heterocycles. The standard InChI is InChI=1S/C12H9NO2/c1-9-7-10(3-5-11(9)8-13)4-6-12(14)15-2/h3,5,7H,1-2H3. The molecule has 0 bridgehead atoms. The molecule has 0 spiro atoms. The van der Waals surface area contributed by atoms with Crippen molar-refractivity contribution in [3.8, 4) is 17.9 Å². The maximum Gasteiger partial charge on any atom is 0.384 e. The van der Waals surface area contributed by atoms with Crippen molar-refractivity contribution >= 4 is 5.97 Å². The molecule has 0 N–H and O–H groups in total. The Hall–Kier alpha value is -2.26. The summed E-state index contributed by atoms with van der Waals surface area (Å²) in [5.41, 5.74) is 2.14. The fraction of sp³-hybridized carbons (Fsp3) is 0.167. The van der Waals surface area contributed by atoms with Crippen molar-refractivity contribution in [2.75, 3.05) is 7.11 Å². The van der Waals surface area contributed by atoms with Crippen LogP contribution < -0.4 is 0 Å². The Morgan fingerprint density at radius 3 is 2.73 bits per heavy atom. The van der Waals surface area contributed by atoms with E-state index in [1.165, 1.54) is 7.11 Å². The molecule has 0 fully saturated rings. The van der Waals surface area contributed by atoms with Gasteiger partial charge in [0.15, 0.2) is 0 Å². The largest absolute Gasteiger partial charge is 0.459 e. The molecular formula is C12H9NO2. The number of aryl methyl sites for hydroxylation is 1. The number of benzene rings is 1. The molecule has 0 aliphatic rings. The van der Waals surface area contributed by atoms with E-state index in [2.05, 4.69) is 22.6 Å². The van der Waals surface area contributed by atoms with Crippen molar-refractivity contribution in [3.05, 3.63) is 34.9 Å². The third kappa shape index (κ3) is 2.86. The van der Waals surface area contributed by atoms with E-state index < -0.39 is 5.97 Å². The van der Waals surface area contributed by atoms with E-state index in [1.807, 2.05) is 6.92 Å². The Labute approximate surface area is 88.3 Å².